The van der Waals surface area contributed by atoms with Gasteiger partial charge in [0.15, 0.2) is 12.1 Å². The van der Waals surface area contributed by atoms with Crippen LogP contribution < -0.4 is 0 Å². The monoisotopic (exact) mass is 237 g/mol. The van der Waals surface area contributed by atoms with Crippen LogP contribution >= 0.6 is 0 Å². The van der Waals surface area contributed by atoms with E-state index in [1.165, 1.54) is 0 Å². The topological polar surface area (TPSA) is 59.9 Å². The molecule has 0 saturated heterocycles. The molecule has 0 fully saturated rings. The van der Waals surface area contributed by atoms with Crippen molar-refractivity contribution in [3.8, 4) is 0 Å². The molecule has 0 aromatic carbocycles. The molecule has 1 aromatic rings. The molecular formula is C7H4F3N2O2S+. The van der Waals surface area contributed by atoms with Crippen LogP contribution in [0.5, 0.6) is 0 Å². The van der Waals surface area contributed by atoms with Gasteiger partial charge >= 0.3 is 17.8 Å². The number of carbonyl (C=O) groups excluding carboxylic acids is 1. The third-order valence-corrected chi connectivity index (χ3v) is 1.77. The first-order chi connectivity index (χ1) is 6.97. The first kappa shape index (κ1) is 11.6. The van der Waals surface area contributed by atoms with Crippen LogP contribution in [0.25, 0.3) is 0 Å². The molecule has 0 unspecified atom stereocenters. The van der Waals surface area contributed by atoms with Gasteiger partial charge in [0.1, 0.15) is 11.4 Å². The fourth-order valence-corrected chi connectivity index (χ4v) is 1.08. The van der Waals surface area contributed by atoms with E-state index in [4.69, 9.17) is 0 Å². The fourth-order valence-electron chi connectivity index (χ4n) is 0.841. The zero-order valence-corrected chi connectivity index (χ0v) is 7.93. The minimum atomic E-state index is -4.65. The fraction of sp³-hybridized carbons (Fsp3) is 0.286. The summed E-state index contributed by atoms with van der Waals surface area (Å²) in [6, 6.07) is 0.534. The Hall–Kier alpha value is -1.44. The Morgan fingerprint density at radius 1 is 1.40 bits per heavy atom. The predicted molar refractivity (Wildman–Crippen MR) is 44.2 cm³/mol. The Balaban J connectivity index is 3.22. The molecule has 0 atom stereocenters. The Morgan fingerprint density at radius 2 is 2.07 bits per heavy atom. The van der Waals surface area contributed by atoms with Gasteiger partial charge in [-0.05, 0) is 6.07 Å². The first-order valence-corrected chi connectivity index (χ1v) is 4.53. The van der Waals surface area contributed by atoms with E-state index in [-0.39, 0.29) is 35.2 Å². The average molecular weight is 237 g/mol. The summed E-state index contributed by atoms with van der Waals surface area (Å²) in [5.74, 6) is -0.614. The molecular weight excluding hydrogens is 233 g/mol. The number of aldehydes is 1. The summed E-state index contributed by atoms with van der Waals surface area (Å²) < 4.78 is 46.8. The van der Waals surface area contributed by atoms with Gasteiger partial charge in [0.25, 0.3) is 5.75 Å². The molecule has 0 bridgehead atoms. The Bertz CT molecular complexity index is 394. The maximum atomic E-state index is 12.2. The minimum Gasteiger partial charge on any atom is -0.296 e. The largest absolute Gasteiger partial charge is 0.467 e. The molecule has 0 aliphatic carbocycles. The number of alkyl halides is 3. The number of aromatic nitrogens is 2. The maximum Gasteiger partial charge on any atom is 0.467 e. The van der Waals surface area contributed by atoms with E-state index in [2.05, 4.69) is 9.97 Å². The highest BCUT2D eigenvalue weighted by Gasteiger charge is 2.34. The molecule has 80 valence electrons. The van der Waals surface area contributed by atoms with Gasteiger partial charge in [-0.15, -0.1) is 0 Å². The van der Waals surface area contributed by atoms with Crippen LogP contribution in [-0.2, 0) is 27.8 Å². The van der Waals surface area contributed by atoms with Crippen molar-refractivity contribution >= 4 is 18.0 Å². The molecule has 1 aromatic heterocycles. The van der Waals surface area contributed by atoms with Crippen molar-refractivity contribution in [2.75, 3.05) is 0 Å². The first-order valence-electron chi connectivity index (χ1n) is 3.62. The van der Waals surface area contributed by atoms with Gasteiger partial charge in [-0.3, -0.25) is 4.79 Å². The molecule has 0 amide bonds. The molecule has 0 saturated carbocycles. The predicted octanol–water partition coefficient (Wildman–Crippen LogP) is 1.24. The highest BCUT2D eigenvalue weighted by Crippen LogP contribution is 2.27. The van der Waals surface area contributed by atoms with Crippen molar-refractivity contribution in [3.05, 3.63) is 23.3 Å². The van der Waals surface area contributed by atoms with E-state index < -0.39 is 11.9 Å². The van der Waals surface area contributed by atoms with Crippen LogP contribution in [0, 0.1) is 0 Å². The van der Waals surface area contributed by atoms with E-state index >= 15 is 0 Å². The van der Waals surface area contributed by atoms with Gasteiger partial charge in [-0.25, -0.2) is 9.97 Å². The molecule has 15 heavy (non-hydrogen) atoms. The smallest absolute Gasteiger partial charge is 0.296 e. The van der Waals surface area contributed by atoms with Crippen molar-refractivity contribution in [1.29, 1.82) is 0 Å². The summed E-state index contributed by atoms with van der Waals surface area (Å²) in [7, 11) is 0. The van der Waals surface area contributed by atoms with Crippen LogP contribution in [0.15, 0.2) is 6.07 Å². The number of carbonyl (C=O) groups is 1. The average Bonchev–Trinajstić information content (AvgIpc) is 2.16. The molecule has 0 aliphatic heterocycles. The molecule has 0 aliphatic rings. The molecule has 1 heterocycles. The van der Waals surface area contributed by atoms with Crippen molar-refractivity contribution < 1.29 is 22.2 Å². The van der Waals surface area contributed by atoms with Crippen LogP contribution in [-0.4, -0.2) is 16.3 Å². The van der Waals surface area contributed by atoms with Crippen molar-refractivity contribution in [2.24, 2.45) is 0 Å². The van der Waals surface area contributed by atoms with Crippen molar-refractivity contribution in [1.82, 2.24) is 9.97 Å². The minimum absolute atomic E-state index is 0.0350. The molecule has 8 heteroatoms. The number of hydrogen-bond donors (Lipinski definition) is 0. The summed E-state index contributed by atoms with van der Waals surface area (Å²) >= 11 is 0.0350. The quantitative estimate of drug-likeness (QED) is 0.586. The Kier molecular flexibility index (Phi) is 3.40. The van der Waals surface area contributed by atoms with Crippen molar-refractivity contribution in [2.45, 2.75) is 11.9 Å². The second-order valence-corrected chi connectivity index (χ2v) is 3.00. The summed E-state index contributed by atoms with van der Waals surface area (Å²) in [6.07, 6.45) is -4.47. The normalized spacial score (nSPS) is 11.1. The zero-order chi connectivity index (χ0) is 11.5. The van der Waals surface area contributed by atoms with E-state index in [9.17, 15) is 22.2 Å². The van der Waals surface area contributed by atoms with E-state index in [0.717, 1.165) is 0 Å². The standard InChI is InChI=1S/C7H4F3N2O2S/c8-7(9,10)5-1-4(2-13)11-6(12-5)3-15-14/h1-2H,3H2/q+1. The molecule has 4 nitrogen and oxygen atoms in total. The van der Waals surface area contributed by atoms with Crippen LogP contribution in [0.2, 0.25) is 0 Å². The molecule has 0 spiro atoms. The molecule has 0 radical (unpaired) electrons. The highest BCUT2D eigenvalue weighted by atomic mass is 32.1. The highest BCUT2D eigenvalue weighted by molar-refractivity contribution is 7.64. The van der Waals surface area contributed by atoms with E-state index in [0.29, 0.717) is 6.07 Å². The number of nitrogens with zero attached hydrogens (tertiary/aromatic N) is 2. The van der Waals surface area contributed by atoms with Crippen molar-refractivity contribution in [3.63, 3.8) is 0 Å². The molecule has 1 rings (SSSR count). The maximum absolute atomic E-state index is 12.2. The van der Waals surface area contributed by atoms with Gasteiger partial charge in [0, 0.05) is 4.21 Å². The second-order valence-electron chi connectivity index (χ2n) is 2.47. The van der Waals surface area contributed by atoms with Gasteiger partial charge in [0.05, 0.1) is 0 Å². The summed E-state index contributed by atoms with van der Waals surface area (Å²) in [6.45, 7) is 0. The van der Waals surface area contributed by atoms with Gasteiger partial charge < -0.3 is 0 Å². The summed E-state index contributed by atoms with van der Waals surface area (Å²) in [5.41, 5.74) is -1.61. The SMILES string of the molecule is O=Cc1cc(C(F)(F)F)nc(C[S+]=O)n1. The van der Waals surface area contributed by atoms with Crippen LogP contribution in [0.4, 0.5) is 13.2 Å². The third-order valence-electron chi connectivity index (χ3n) is 1.39. The lowest BCUT2D eigenvalue weighted by Gasteiger charge is -2.05. The lowest BCUT2D eigenvalue weighted by Crippen LogP contribution is -2.12. The van der Waals surface area contributed by atoms with E-state index in [1.807, 2.05) is 0 Å². The summed E-state index contributed by atoms with van der Waals surface area (Å²) in [4.78, 5) is 16.9. The Morgan fingerprint density at radius 3 is 2.53 bits per heavy atom. The number of rotatable bonds is 3. The van der Waals surface area contributed by atoms with Gasteiger partial charge in [-0.2, -0.15) is 13.2 Å². The second kappa shape index (κ2) is 4.39. The number of halogens is 3. The lowest BCUT2D eigenvalue weighted by atomic mass is 10.3. The van der Waals surface area contributed by atoms with Crippen LogP contribution in [0.1, 0.15) is 22.0 Å². The lowest BCUT2D eigenvalue weighted by molar-refractivity contribution is -0.141. The van der Waals surface area contributed by atoms with Gasteiger partial charge in [0.2, 0.25) is 0 Å². The van der Waals surface area contributed by atoms with Crippen LogP contribution in [0.3, 0.4) is 0 Å². The Labute approximate surface area is 86.0 Å². The number of hydrogen-bond acceptors (Lipinski definition) is 4. The molecule has 0 N–H and O–H groups in total. The summed E-state index contributed by atoms with van der Waals surface area (Å²) in [5, 5.41) is 0. The van der Waals surface area contributed by atoms with E-state index in [1.54, 1.807) is 0 Å². The zero-order valence-electron chi connectivity index (χ0n) is 7.11. The third kappa shape index (κ3) is 3.01. The van der Waals surface area contributed by atoms with Gasteiger partial charge in [-0.1, -0.05) is 0 Å².